The Bertz CT molecular complexity index is 840. The van der Waals surface area contributed by atoms with Crippen LogP contribution >= 0.6 is 0 Å². The molecule has 0 N–H and O–H groups in total. The number of nitrogens with zero attached hydrogens (tertiary/aromatic N) is 5. The van der Waals surface area contributed by atoms with Gasteiger partial charge in [0.15, 0.2) is 5.65 Å². The van der Waals surface area contributed by atoms with E-state index in [1.807, 2.05) is 21.8 Å². The summed E-state index contributed by atoms with van der Waals surface area (Å²) in [6, 6.07) is 4.10. The predicted octanol–water partition coefficient (Wildman–Crippen LogP) is 2.67. The first kappa shape index (κ1) is 18.2. The molecule has 4 rings (SSSR count). The van der Waals surface area contributed by atoms with E-state index in [-0.39, 0.29) is 0 Å². The summed E-state index contributed by atoms with van der Waals surface area (Å²) >= 11 is 0. The minimum atomic E-state index is 0.295. The number of amides is 1. The summed E-state index contributed by atoms with van der Waals surface area (Å²) in [7, 11) is 4.14. The van der Waals surface area contributed by atoms with Crippen molar-refractivity contribution in [2.75, 3.05) is 33.7 Å². The summed E-state index contributed by atoms with van der Waals surface area (Å²) < 4.78 is 2.03. The lowest BCUT2D eigenvalue weighted by molar-refractivity contribution is -0.130. The standard InChI is InChI=1S/C21H29N5O/c1-24(2)12-13-26-21-18(8-5-10-22-21)20(23-26)17-9-11-25(15-17)19(27)14-16-6-3-4-7-16/h3,5-6,8,10,16-17H,4,7,9,11-15H2,1-2H3/t16-,17-/m1/s1. The number of likely N-dealkylation sites (N-methyl/N-ethyl adjacent to an activating group) is 1. The van der Waals surface area contributed by atoms with E-state index in [4.69, 9.17) is 5.10 Å². The third kappa shape index (κ3) is 3.90. The van der Waals surface area contributed by atoms with Crippen molar-refractivity contribution < 1.29 is 4.79 Å². The SMILES string of the molecule is CN(C)CCn1nc([C@@H]2CCN(C(=O)C[C@@H]3C=CCC3)C2)c2cccnc21. The van der Waals surface area contributed by atoms with Crippen molar-refractivity contribution in [2.24, 2.45) is 5.92 Å². The summed E-state index contributed by atoms with van der Waals surface area (Å²) in [5, 5.41) is 6.05. The van der Waals surface area contributed by atoms with Crippen LogP contribution in [0.2, 0.25) is 0 Å². The fourth-order valence-corrected chi connectivity index (χ4v) is 4.21. The average Bonchev–Trinajstić information content (AvgIpc) is 3.39. The van der Waals surface area contributed by atoms with Crippen LogP contribution in [0.5, 0.6) is 0 Å². The van der Waals surface area contributed by atoms with Crippen molar-refractivity contribution in [3.05, 3.63) is 36.2 Å². The van der Waals surface area contributed by atoms with Crippen LogP contribution in [0.15, 0.2) is 30.5 Å². The molecule has 1 amide bonds. The Morgan fingerprint density at radius 1 is 1.33 bits per heavy atom. The fourth-order valence-electron chi connectivity index (χ4n) is 4.21. The van der Waals surface area contributed by atoms with Gasteiger partial charge in [-0.3, -0.25) is 4.79 Å². The molecule has 2 aromatic rings. The van der Waals surface area contributed by atoms with Crippen molar-refractivity contribution in [1.82, 2.24) is 24.6 Å². The van der Waals surface area contributed by atoms with Crippen molar-refractivity contribution in [3.63, 3.8) is 0 Å². The second kappa shape index (κ2) is 7.80. The molecule has 1 fully saturated rings. The summed E-state index contributed by atoms with van der Waals surface area (Å²) in [5.74, 6) is 1.04. The molecule has 2 atom stereocenters. The van der Waals surface area contributed by atoms with Crippen LogP contribution in [0.3, 0.4) is 0 Å². The molecule has 2 aliphatic rings. The Morgan fingerprint density at radius 2 is 2.22 bits per heavy atom. The highest BCUT2D eigenvalue weighted by atomic mass is 16.2. The topological polar surface area (TPSA) is 54.3 Å². The highest BCUT2D eigenvalue weighted by Crippen LogP contribution is 2.32. The van der Waals surface area contributed by atoms with Gasteiger partial charge in [0.1, 0.15) is 0 Å². The molecule has 3 heterocycles. The molecule has 0 bridgehead atoms. The predicted molar refractivity (Wildman–Crippen MR) is 107 cm³/mol. The van der Waals surface area contributed by atoms with E-state index in [0.717, 1.165) is 62.2 Å². The normalized spacial score (nSPS) is 22.4. The van der Waals surface area contributed by atoms with E-state index >= 15 is 0 Å². The minimum Gasteiger partial charge on any atom is -0.342 e. The number of likely N-dealkylation sites (tertiary alicyclic amines) is 1. The molecule has 6 nitrogen and oxygen atoms in total. The number of allylic oxidation sites excluding steroid dienone is 2. The third-order valence-corrected chi connectivity index (χ3v) is 5.77. The van der Waals surface area contributed by atoms with Gasteiger partial charge < -0.3 is 9.80 Å². The lowest BCUT2D eigenvalue weighted by atomic mass is 10.0. The average molecular weight is 367 g/mol. The number of hydrogen-bond acceptors (Lipinski definition) is 4. The van der Waals surface area contributed by atoms with E-state index in [1.165, 1.54) is 0 Å². The zero-order valence-corrected chi connectivity index (χ0v) is 16.3. The van der Waals surface area contributed by atoms with Crippen molar-refractivity contribution in [2.45, 2.75) is 38.1 Å². The zero-order chi connectivity index (χ0) is 18.8. The summed E-state index contributed by atoms with van der Waals surface area (Å²) in [6.07, 6.45) is 10.1. The van der Waals surface area contributed by atoms with Gasteiger partial charge in [0.25, 0.3) is 0 Å². The molecule has 0 saturated carbocycles. The first-order valence-electron chi connectivity index (χ1n) is 10.0. The Morgan fingerprint density at radius 3 is 3.00 bits per heavy atom. The molecular weight excluding hydrogens is 338 g/mol. The van der Waals surface area contributed by atoms with Crippen molar-refractivity contribution in [3.8, 4) is 0 Å². The molecule has 6 heteroatoms. The van der Waals surface area contributed by atoms with Crippen LogP contribution in [-0.4, -0.2) is 64.2 Å². The Hall–Kier alpha value is -2.21. The molecule has 27 heavy (non-hydrogen) atoms. The van der Waals surface area contributed by atoms with Gasteiger partial charge >= 0.3 is 0 Å². The number of hydrogen-bond donors (Lipinski definition) is 0. The highest BCUT2D eigenvalue weighted by molar-refractivity contribution is 5.80. The molecule has 0 unspecified atom stereocenters. The Kier molecular flexibility index (Phi) is 5.25. The van der Waals surface area contributed by atoms with Crippen LogP contribution < -0.4 is 0 Å². The molecule has 144 valence electrons. The van der Waals surface area contributed by atoms with Gasteiger partial charge in [-0.05, 0) is 51.4 Å². The first-order chi connectivity index (χ1) is 13.1. The minimum absolute atomic E-state index is 0.295. The summed E-state index contributed by atoms with van der Waals surface area (Å²) in [6.45, 7) is 3.37. The number of aromatic nitrogens is 3. The van der Waals surface area contributed by atoms with Gasteiger partial charge in [-0.2, -0.15) is 5.10 Å². The number of carbonyl (C=O) groups excluding carboxylic acids is 1. The van der Waals surface area contributed by atoms with Crippen molar-refractivity contribution in [1.29, 1.82) is 0 Å². The summed E-state index contributed by atoms with van der Waals surface area (Å²) in [5.41, 5.74) is 2.06. The van der Waals surface area contributed by atoms with Crippen molar-refractivity contribution >= 4 is 16.9 Å². The molecular formula is C21H29N5O. The Balaban J connectivity index is 1.49. The molecule has 1 saturated heterocycles. The lowest BCUT2D eigenvalue weighted by Gasteiger charge is -2.18. The van der Waals surface area contributed by atoms with Gasteiger partial charge in [-0.15, -0.1) is 0 Å². The van der Waals surface area contributed by atoms with Crippen LogP contribution in [0, 0.1) is 5.92 Å². The molecule has 0 aromatic carbocycles. The number of pyridine rings is 1. The molecule has 0 radical (unpaired) electrons. The number of rotatable bonds is 6. The third-order valence-electron chi connectivity index (χ3n) is 5.77. The molecule has 2 aromatic heterocycles. The largest absolute Gasteiger partial charge is 0.342 e. The van der Waals surface area contributed by atoms with E-state index < -0.39 is 0 Å². The van der Waals surface area contributed by atoms with E-state index in [2.05, 4.69) is 42.2 Å². The number of carbonyl (C=O) groups is 1. The smallest absolute Gasteiger partial charge is 0.223 e. The van der Waals surface area contributed by atoms with Crippen LogP contribution in [0.1, 0.15) is 37.3 Å². The fraction of sp³-hybridized carbons (Fsp3) is 0.571. The second-order valence-corrected chi connectivity index (χ2v) is 8.08. The van der Waals surface area contributed by atoms with Gasteiger partial charge in [0.2, 0.25) is 5.91 Å². The maximum atomic E-state index is 12.7. The van der Waals surface area contributed by atoms with E-state index in [1.54, 1.807) is 0 Å². The molecule has 1 aliphatic carbocycles. The molecule has 1 aliphatic heterocycles. The van der Waals surface area contributed by atoms with Gasteiger partial charge in [0.05, 0.1) is 12.2 Å². The first-order valence-corrected chi connectivity index (χ1v) is 10.0. The number of fused-ring (bicyclic) bond motifs is 1. The monoisotopic (exact) mass is 367 g/mol. The van der Waals surface area contributed by atoms with Crippen LogP contribution in [0.4, 0.5) is 0 Å². The lowest BCUT2D eigenvalue weighted by Crippen LogP contribution is -2.29. The van der Waals surface area contributed by atoms with Gasteiger partial charge in [-0.1, -0.05) is 12.2 Å². The van der Waals surface area contributed by atoms with Crippen LogP contribution in [0.25, 0.3) is 11.0 Å². The molecule has 0 spiro atoms. The second-order valence-electron chi connectivity index (χ2n) is 8.08. The maximum absolute atomic E-state index is 12.7. The maximum Gasteiger partial charge on any atom is 0.223 e. The van der Waals surface area contributed by atoms with Crippen LogP contribution in [-0.2, 0) is 11.3 Å². The van der Waals surface area contributed by atoms with Gasteiger partial charge in [-0.25, -0.2) is 9.67 Å². The van der Waals surface area contributed by atoms with E-state index in [9.17, 15) is 4.79 Å². The Labute approximate surface area is 160 Å². The summed E-state index contributed by atoms with van der Waals surface area (Å²) in [4.78, 5) is 21.4. The van der Waals surface area contributed by atoms with E-state index in [0.29, 0.717) is 24.2 Å². The zero-order valence-electron chi connectivity index (χ0n) is 16.3. The quantitative estimate of drug-likeness (QED) is 0.737. The highest BCUT2D eigenvalue weighted by Gasteiger charge is 2.31. The van der Waals surface area contributed by atoms with Gasteiger partial charge in [0, 0.05) is 43.6 Å².